The first kappa shape index (κ1) is 18.4. The van der Waals surface area contributed by atoms with Crippen molar-refractivity contribution in [1.29, 1.82) is 0 Å². The second kappa shape index (κ2) is 10.1. The molecule has 1 aliphatic heterocycles. The third-order valence-electron chi connectivity index (χ3n) is 4.25. The number of amides is 2. The summed E-state index contributed by atoms with van der Waals surface area (Å²) in [5.41, 5.74) is 1.13. The summed E-state index contributed by atoms with van der Waals surface area (Å²) in [4.78, 5) is 23.6. The Bertz CT molecular complexity index is 515. The summed E-state index contributed by atoms with van der Waals surface area (Å²) >= 11 is 0. The molecule has 1 fully saturated rings. The molecule has 1 aliphatic rings. The van der Waals surface area contributed by atoms with E-state index >= 15 is 0 Å². The van der Waals surface area contributed by atoms with Crippen LogP contribution in [0.4, 0.5) is 0 Å². The number of carbonyl (C=O) groups excluding carboxylic acids is 2. The quantitative estimate of drug-likeness (QED) is 0.618. The van der Waals surface area contributed by atoms with Crippen LogP contribution < -0.4 is 10.6 Å². The molecule has 24 heavy (non-hydrogen) atoms. The maximum absolute atomic E-state index is 11.8. The molecule has 0 aliphatic carbocycles. The first-order chi connectivity index (χ1) is 11.7. The van der Waals surface area contributed by atoms with Crippen LogP contribution >= 0.6 is 0 Å². The van der Waals surface area contributed by atoms with Crippen LogP contribution in [0.3, 0.4) is 0 Å². The summed E-state index contributed by atoms with van der Waals surface area (Å²) in [6.07, 6.45) is 3.24. The molecule has 0 bridgehead atoms. The molecular formula is C18H26N2O4. The topological polar surface area (TPSA) is 87.7 Å². The van der Waals surface area contributed by atoms with Crippen molar-refractivity contribution in [2.24, 2.45) is 0 Å². The molecule has 1 saturated heterocycles. The predicted molar refractivity (Wildman–Crippen MR) is 90.5 cm³/mol. The van der Waals surface area contributed by atoms with Crippen molar-refractivity contribution in [3.63, 3.8) is 0 Å². The first-order valence-electron chi connectivity index (χ1n) is 8.54. The highest BCUT2D eigenvalue weighted by Crippen LogP contribution is 2.22. The summed E-state index contributed by atoms with van der Waals surface area (Å²) < 4.78 is 5.40. The normalized spacial score (nSPS) is 18.1. The highest BCUT2D eigenvalue weighted by atomic mass is 16.5. The molecule has 2 rings (SSSR count). The van der Waals surface area contributed by atoms with Gasteiger partial charge >= 0.3 is 11.8 Å². The molecule has 2 atom stereocenters. The van der Waals surface area contributed by atoms with Crippen LogP contribution in [0.2, 0.25) is 0 Å². The fourth-order valence-corrected chi connectivity index (χ4v) is 2.89. The zero-order chi connectivity index (χ0) is 17.2. The maximum Gasteiger partial charge on any atom is 0.309 e. The lowest BCUT2D eigenvalue weighted by Gasteiger charge is -2.16. The average Bonchev–Trinajstić information content (AvgIpc) is 3.13. The fraction of sp³-hybridized carbons (Fsp3) is 0.556. The molecular weight excluding hydrogens is 308 g/mol. The molecule has 132 valence electrons. The number of benzene rings is 1. The summed E-state index contributed by atoms with van der Waals surface area (Å²) in [6.45, 7) is 1.59. The van der Waals surface area contributed by atoms with E-state index in [1.54, 1.807) is 0 Å². The van der Waals surface area contributed by atoms with E-state index in [-0.39, 0.29) is 18.6 Å². The zero-order valence-electron chi connectivity index (χ0n) is 13.9. The second-order valence-corrected chi connectivity index (χ2v) is 6.01. The Morgan fingerprint density at radius 1 is 1.17 bits per heavy atom. The first-order valence-corrected chi connectivity index (χ1v) is 8.54. The zero-order valence-corrected chi connectivity index (χ0v) is 13.9. The Kier molecular flexibility index (Phi) is 7.71. The predicted octanol–water partition coefficient (Wildman–Crippen LogP) is 0.954. The van der Waals surface area contributed by atoms with Crippen molar-refractivity contribution < 1.29 is 19.4 Å². The van der Waals surface area contributed by atoms with Crippen LogP contribution in [0, 0.1) is 0 Å². The molecule has 0 saturated carbocycles. The summed E-state index contributed by atoms with van der Waals surface area (Å²) in [7, 11) is 0. The van der Waals surface area contributed by atoms with Crippen molar-refractivity contribution >= 4 is 11.8 Å². The smallest absolute Gasteiger partial charge is 0.309 e. The number of ether oxygens (including phenoxy) is 1. The molecule has 6 heteroatoms. The van der Waals surface area contributed by atoms with E-state index in [2.05, 4.69) is 10.6 Å². The lowest BCUT2D eigenvalue weighted by atomic mass is 9.93. The van der Waals surface area contributed by atoms with Gasteiger partial charge in [-0.2, -0.15) is 0 Å². The Balaban J connectivity index is 1.70. The summed E-state index contributed by atoms with van der Waals surface area (Å²) in [5, 5.41) is 14.5. The number of aliphatic hydroxyl groups is 1. The number of nitrogens with one attached hydrogen (secondary N) is 2. The molecule has 0 radical (unpaired) electrons. The van der Waals surface area contributed by atoms with E-state index in [1.807, 2.05) is 30.3 Å². The van der Waals surface area contributed by atoms with Crippen molar-refractivity contribution in [3.8, 4) is 0 Å². The largest absolute Gasteiger partial charge is 0.396 e. The van der Waals surface area contributed by atoms with Crippen LogP contribution in [-0.2, 0) is 14.3 Å². The minimum atomic E-state index is -0.621. The third-order valence-corrected chi connectivity index (χ3v) is 4.25. The van der Waals surface area contributed by atoms with Crippen LogP contribution in [0.1, 0.15) is 37.2 Å². The van der Waals surface area contributed by atoms with Gasteiger partial charge in [-0.25, -0.2) is 0 Å². The van der Waals surface area contributed by atoms with Crippen molar-refractivity contribution in [2.45, 2.75) is 37.7 Å². The standard InChI is InChI=1S/C18H26N2O4/c21-11-9-15(14-5-2-1-3-6-14)8-10-19-17(22)18(23)20-13-16-7-4-12-24-16/h1-3,5-6,15-16,21H,4,7-13H2,(H,19,22)(H,20,23)/t15-,16-/m1/s1. The molecule has 3 N–H and O–H groups in total. The van der Waals surface area contributed by atoms with Crippen LogP contribution in [0.15, 0.2) is 30.3 Å². The molecule has 0 aromatic heterocycles. The van der Waals surface area contributed by atoms with E-state index in [1.165, 1.54) is 0 Å². The molecule has 1 heterocycles. The van der Waals surface area contributed by atoms with E-state index in [4.69, 9.17) is 4.74 Å². The molecule has 6 nitrogen and oxygen atoms in total. The SMILES string of the molecule is O=C(NCC[C@H](CCO)c1ccccc1)C(=O)NC[C@H]1CCCO1. The average molecular weight is 334 g/mol. The highest BCUT2D eigenvalue weighted by Gasteiger charge is 2.19. The van der Waals surface area contributed by atoms with Crippen molar-refractivity contribution in [1.82, 2.24) is 10.6 Å². The molecule has 0 spiro atoms. The Morgan fingerprint density at radius 3 is 2.58 bits per heavy atom. The van der Waals surface area contributed by atoms with Gasteiger partial charge in [0.05, 0.1) is 6.10 Å². The van der Waals surface area contributed by atoms with Crippen LogP contribution in [0.5, 0.6) is 0 Å². The highest BCUT2D eigenvalue weighted by molar-refractivity contribution is 6.35. The van der Waals surface area contributed by atoms with Gasteiger partial charge in [-0.05, 0) is 37.2 Å². The number of carbonyl (C=O) groups is 2. The lowest BCUT2D eigenvalue weighted by Crippen LogP contribution is -2.43. The monoisotopic (exact) mass is 334 g/mol. The van der Waals surface area contributed by atoms with Crippen molar-refractivity contribution in [3.05, 3.63) is 35.9 Å². The van der Waals surface area contributed by atoms with E-state index < -0.39 is 11.8 Å². The molecule has 1 aromatic carbocycles. The van der Waals surface area contributed by atoms with Crippen molar-refractivity contribution in [2.75, 3.05) is 26.3 Å². The summed E-state index contributed by atoms with van der Waals surface area (Å²) in [5.74, 6) is -1.08. The minimum absolute atomic E-state index is 0.0220. The Labute approximate surface area is 142 Å². The van der Waals surface area contributed by atoms with Gasteiger partial charge in [0.15, 0.2) is 0 Å². The van der Waals surface area contributed by atoms with Gasteiger partial charge in [-0.15, -0.1) is 0 Å². The lowest BCUT2D eigenvalue weighted by molar-refractivity contribution is -0.139. The Hall–Kier alpha value is -1.92. The third kappa shape index (κ3) is 5.94. The van der Waals surface area contributed by atoms with Crippen LogP contribution in [0.25, 0.3) is 0 Å². The second-order valence-electron chi connectivity index (χ2n) is 6.01. The number of aliphatic hydroxyl groups excluding tert-OH is 1. The minimum Gasteiger partial charge on any atom is -0.396 e. The summed E-state index contributed by atoms with van der Waals surface area (Å²) in [6, 6.07) is 9.88. The Morgan fingerprint density at radius 2 is 1.92 bits per heavy atom. The fourth-order valence-electron chi connectivity index (χ4n) is 2.89. The van der Waals surface area contributed by atoms with Gasteiger partial charge < -0.3 is 20.5 Å². The van der Waals surface area contributed by atoms with Gasteiger partial charge in [-0.1, -0.05) is 30.3 Å². The van der Waals surface area contributed by atoms with Gasteiger partial charge in [0.2, 0.25) is 0 Å². The molecule has 2 amide bonds. The van der Waals surface area contributed by atoms with E-state index in [9.17, 15) is 14.7 Å². The van der Waals surface area contributed by atoms with Crippen LogP contribution in [-0.4, -0.2) is 49.3 Å². The number of rotatable bonds is 8. The van der Waals surface area contributed by atoms with Gasteiger partial charge in [0, 0.05) is 26.3 Å². The van der Waals surface area contributed by atoms with Gasteiger partial charge in [-0.3, -0.25) is 9.59 Å². The van der Waals surface area contributed by atoms with E-state index in [0.717, 1.165) is 25.0 Å². The number of hydrogen-bond acceptors (Lipinski definition) is 4. The van der Waals surface area contributed by atoms with Gasteiger partial charge in [0.25, 0.3) is 0 Å². The van der Waals surface area contributed by atoms with E-state index in [0.29, 0.717) is 25.9 Å². The van der Waals surface area contributed by atoms with Gasteiger partial charge in [0.1, 0.15) is 0 Å². The maximum atomic E-state index is 11.8. The molecule has 1 aromatic rings. The molecule has 0 unspecified atom stereocenters. The number of hydrogen-bond donors (Lipinski definition) is 3.